The molecular formula is C12H11FN2O3S. The Balaban J connectivity index is 2.87. The Morgan fingerprint density at radius 2 is 2.26 bits per heavy atom. The van der Waals surface area contributed by atoms with Gasteiger partial charge < -0.3 is 5.73 Å². The zero-order chi connectivity index (χ0) is 14.4. The second kappa shape index (κ2) is 6.75. The molecule has 0 atom stereocenters. The highest BCUT2D eigenvalue weighted by Gasteiger charge is 2.16. The maximum atomic E-state index is 13.2. The van der Waals surface area contributed by atoms with Crippen LogP contribution < -0.4 is 5.73 Å². The zero-order valence-electron chi connectivity index (χ0n) is 10.1. The number of anilines is 1. The van der Waals surface area contributed by atoms with Crippen molar-refractivity contribution in [1.82, 2.24) is 0 Å². The molecule has 0 saturated carbocycles. The van der Waals surface area contributed by atoms with Crippen molar-refractivity contribution >= 4 is 28.3 Å². The van der Waals surface area contributed by atoms with Crippen LogP contribution in [0.4, 0.5) is 15.8 Å². The molecule has 0 bridgehead atoms. The number of nitrogen functional groups attached to an aromatic ring is 1. The van der Waals surface area contributed by atoms with Crippen LogP contribution in [0.15, 0.2) is 12.1 Å². The molecule has 1 aromatic carbocycles. The Kier molecular flexibility index (Phi) is 5.33. The second-order valence-electron chi connectivity index (χ2n) is 3.54. The second-order valence-corrected chi connectivity index (χ2v) is 4.81. The van der Waals surface area contributed by atoms with Crippen LogP contribution in [0.5, 0.6) is 0 Å². The monoisotopic (exact) mass is 282 g/mol. The molecule has 0 saturated heterocycles. The lowest BCUT2D eigenvalue weighted by atomic mass is 10.1. The Hall–Kier alpha value is -2.07. The van der Waals surface area contributed by atoms with Gasteiger partial charge in [0.25, 0.3) is 5.69 Å². The van der Waals surface area contributed by atoms with Crippen LogP contribution in [0.25, 0.3) is 0 Å². The van der Waals surface area contributed by atoms with Crippen molar-refractivity contribution in [2.24, 2.45) is 0 Å². The predicted molar refractivity (Wildman–Crippen MR) is 72.1 cm³/mol. The molecule has 0 aliphatic heterocycles. The summed E-state index contributed by atoms with van der Waals surface area (Å²) in [5.74, 6) is 5.03. The van der Waals surface area contributed by atoms with E-state index in [2.05, 4.69) is 11.8 Å². The smallest absolute Gasteiger partial charge is 0.296 e. The minimum atomic E-state index is -0.761. The van der Waals surface area contributed by atoms with Crippen LogP contribution in [0, 0.1) is 27.8 Å². The van der Waals surface area contributed by atoms with E-state index in [1.165, 1.54) is 6.92 Å². The van der Waals surface area contributed by atoms with E-state index in [0.717, 1.165) is 23.9 Å². The maximum absolute atomic E-state index is 13.2. The average molecular weight is 282 g/mol. The summed E-state index contributed by atoms with van der Waals surface area (Å²) in [6.45, 7) is 1.45. The number of carbonyl (C=O) groups is 1. The van der Waals surface area contributed by atoms with Crippen LogP contribution in [-0.4, -0.2) is 15.8 Å². The van der Waals surface area contributed by atoms with Gasteiger partial charge in [-0.3, -0.25) is 14.9 Å². The summed E-state index contributed by atoms with van der Waals surface area (Å²) in [6.07, 6.45) is 0.411. The van der Waals surface area contributed by atoms with E-state index in [4.69, 9.17) is 5.73 Å². The molecule has 1 rings (SSSR count). The van der Waals surface area contributed by atoms with Crippen molar-refractivity contribution in [2.75, 3.05) is 11.5 Å². The normalized spacial score (nSPS) is 9.58. The summed E-state index contributed by atoms with van der Waals surface area (Å²) in [5, 5.41) is 10.6. The van der Waals surface area contributed by atoms with Gasteiger partial charge in [0.15, 0.2) is 5.12 Å². The molecule has 19 heavy (non-hydrogen) atoms. The van der Waals surface area contributed by atoms with E-state index >= 15 is 0 Å². The lowest BCUT2D eigenvalue weighted by Gasteiger charge is -2.00. The fourth-order valence-corrected chi connectivity index (χ4v) is 1.75. The highest BCUT2D eigenvalue weighted by atomic mass is 32.2. The first-order valence-electron chi connectivity index (χ1n) is 5.27. The summed E-state index contributed by atoms with van der Waals surface area (Å²) in [6, 6.07) is 1.81. The molecule has 7 heteroatoms. The number of hydrogen-bond acceptors (Lipinski definition) is 5. The number of halogens is 1. The number of hydrogen-bond donors (Lipinski definition) is 1. The topological polar surface area (TPSA) is 86.2 Å². The molecule has 0 fully saturated rings. The number of carbonyl (C=O) groups excluding carboxylic acids is 1. The van der Waals surface area contributed by atoms with Gasteiger partial charge in [-0.2, -0.15) is 0 Å². The predicted octanol–water partition coefficient (Wildman–Crippen LogP) is 2.34. The van der Waals surface area contributed by atoms with E-state index < -0.39 is 16.4 Å². The molecule has 0 unspecified atom stereocenters. The van der Waals surface area contributed by atoms with Gasteiger partial charge >= 0.3 is 0 Å². The number of rotatable bonds is 3. The fourth-order valence-electron chi connectivity index (χ4n) is 1.26. The first-order valence-corrected chi connectivity index (χ1v) is 6.26. The summed E-state index contributed by atoms with van der Waals surface area (Å²) < 4.78 is 13.2. The van der Waals surface area contributed by atoms with E-state index in [1.807, 2.05) is 0 Å². The summed E-state index contributed by atoms with van der Waals surface area (Å²) in [7, 11) is 0. The van der Waals surface area contributed by atoms with Crippen LogP contribution in [0.3, 0.4) is 0 Å². The minimum absolute atomic E-state index is 0.0114. The lowest BCUT2D eigenvalue weighted by Crippen LogP contribution is -1.99. The number of nitrogens with zero attached hydrogens (tertiary/aromatic N) is 1. The average Bonchev–Trinajstić information content (AvgIpc) is 2.31. The van der Waals surface area contributed by atoms with Gasteiger partial charge in [-0.1, -0.05) is 23.6 Å². The summed E-state index contributed by atoms with van der Waals surface area (Å²) in [5.41, 5.74) is 4.98. The third-order valence-electron chi connectivity index (χ3n) is 2.08. The maximum Gasteiger partial charge on any atom is 0.296 e. The molecule has 0 aromatic heterocycles. The molecule has 0 spiro atoms. The molecule has 0 aliphatic carbocycles. The van der Waals surface area contributed by atoms with Gasteiger partial charge in [-0.05, 0) is 6.07 Å². The first kappa shape index (κ1) is 15.0. The van der Waals surface area contributed by atoms with Crippen LogP contribution >= 0.6 is 11.8 Å². The molecule has 0 radical (unpaired) electrons. The molecule has 2 N–H and O–H groups in total. The Bertz CT molecular complexity index is 578. The van der Waals surface area contributed by atoms with Gasteiger partial charge in [0.1, 0.15) is 11.5 Å². The van der Waals surface area contributed by atoms with Crippen molar-refractivity contribution in [3.63, 3.8) is 0 Å². The van der Waals surface area contributed by atoms with Crippen molar-refractivity contribution in [3.05, 3.63) is 33.6 Å². The van der Waals surface area contributed by atoms with E-state index in [-0.39, 0.29) is 16.4 Å². The standard InChI is InChI=1S/C12H11FN2O3S/c1-8(16)19-5-3-2-4-9-6-10(13)7-11(12(9)14)15(17)18/h6-7H,3,5,14H2,1H3. The van der Waals surface area contributed by atoms with Crippen molar-refractivity contribution in [2.45, 2.75) is 13.3 Å². The minimum Gasteiger partial charge on any atom is -0.392 e. The number of nitro groups is 1. The SMILES string of the molecule is CC(=O)SCCC#Cc1cc(F)cc([N+](=O)[O-])c1N. The summed E-state index contributed by atoms with van der Waals surface area (Å²) in [4.78, 5) is 20.6. The Morgan fingerprint density at radius 1 is 1.58 bits per heavy atom. The highest BCUT2D eigenvalue weighted by Crippen LogP contribution is 2.25. The zero-order valence-corrected chi connectivity index (χ0v) is 10.9. The molecule has 100 valence electrons. The molecular weight excluding hydrogens is 271 g/mol. The van der Waals surface area contributed by atoms with Gasteiger partial charge in [0, 0.05) is 19.1 Å². The fraction of sp³-hybridized carbons (Fsp3) is 0.250. The van der Waals surface area contributed by atoms with Gasteiger partial charge in [0.2, 0.25) is 0 Å². The molecule has 5 nitrogen and oxygen atoms in total. The number of thioether (sulfide) groups is 1. The third kappa shape index (κ3) is 4.60. The quantitative estimate of drug-likeness (QED) is 0.302. The summed E-state index contributed by atoms with van der Waals surface area (Å²) >= 11 is 1.13. The van der Waals surface area contributed by atoms with Crippen molar-refractivity contribution in [3.8, 4) is 11.8 Å². The van der Waals surface area contributed by atoms with Gasteiger partial charge in [-0.25, -0.2) is 4.39 Å². The van der Waals surface area contributed by atoms with Gasteiger partial charge in [0.05, 0.1) is 16.6 Å². The number of benzene rings is 1. The third-order valence-corrected chi connectivity index (χ3v) is 2.89. The van der Waals surface area contributed by atoms with E-state index in [1.54, 1.807) is 0 Å². The number of nitrogens with two attached hydrogens (primary N) is 1. The van der Waals surface area contributed by atoms with Crippen molar-refractivity contribution in [1.29, 1.82) is 0 Å². The van der Waals surface area contributed by atoms with Crippen LogP contribution in [0.2, 0.25) is 0 Å². The van der Waals surface area contributed by atoms with E-state index in [0.29, 0.717) is 12.2 Å². The first-order chi connectivity index (χ1) is 8.91. The molecule has 0 heterocycles. The Labute approximate surface area is 113 Å². The van der Waals surface area contributed by atoms with Gasteiger partial charge in [-0.15, -0.1) is 0 Å². The Morgan fingerprint density at radius 3 is 2.84 bits per heavy atom. The highest BCUT2D eigenvalue weighted by molar-refractivity contribution is 8.13. The molecule has 1 aromatic rings. The van der Waals surface area contributed by atoms with Crippen molar-refractivity contribution < 1.29 is 14.1 Å². The van der Waals surface area contributed by atoms with Crippen LogP contribution in [0.1, 0.15) is 18.9 Å². The molecule has 0 amide bonds. The molecule has 0 aliphatic rings. The largest absolute Gasteiger partial charge is 0.392 e. The van der Waals surface area contributed by atoms with E-state index in [9.17, 15) is 19.3 Å². The van der Waals surface area contributed by atoms with Crippen LogP contribution in [-0.2, 0) is 4.79 Å². The number of nitro benzene ring substituents is 1. The lowest BCUT2D eigenvalue weighted by molar-refractivity contribution is -0.384.